The lowest BCUT2D eigenvalue weighted by molar-refractivity contribution is 0.127. The van der Waals surface area contributed by atoms with E-state index < -0.39 is 6.00 Å². The maximum absolute atomic E-state index is 11.5. The van der Waals surface area contributed by atoms with Crippen LogP contribution in [0.4, 0.5) is 4.79 Å². The second-order valence-electron chi connectivity index (χ2n) is 3.22. The molecule has 13 heavy (non-hydrogen) atoms. The Bertz CT molecular complexity index is 218. The van der Waals surface area contributed by atoms with Crippen LogP contribution in [0.5, 0.6) is 0 Å². The Hall–Kier alpha value is 0.357. The average Bonchev–Trinajstić information content (AvgIpc) is 1.79. The zero-order valence-electron chi connectivity index (χ0n) is 7.43. The lowest BCUT2D eigenvalue weighted by atomic mass is 10.2. The van der Waals surface area contributed by atoms with Gasteiger partial charge in [0.25, 0.3) is 0 Å². The average molecular weight is 262 g/mol. The van der Waals surface area contributed by atoms with Crippen molar-refractivity contribution in [2.75, 3.05) is 20.6 Å². The van der Waals surface area contributed by atoms with Crippen LogP contribution in [0.3, 0.4) is 0 Å². The van der Waals surface area contributed by atoms with Gasteiger partial charge in [-0.2, -0.15) is 0 Å². The van der Waals surface area contributed by atoms with E-state index in [1.165, 1.54) is 4.90 Å². The molecule has 1 rings (SSSR count). The third kappa shape index (κ3) is 2.43. The molecule has 0 aromatic heterocycles. The fourth-order valence-corrected chi connectivity index (χ4v) is 4.31. The highest BCUT2D eigenvalue weighted by Gasteiger charge is 2.48. The lowest BCUT2D eigenvalue weighted by Crippen LogP contribution is -2.61. The van der Waals surface area contributed by atoms with Crippen LogP contribution in [0, 0.1) is 0 Å². The Kier molecular flexibility index (Phi) is 3.38. The summed E-state index contributed by atoms with van der Waals surface area (Å²) in [6.07, 6.45) is 0.808. The molecule has 1 unspecified atom stereocenters. The van der Waals surface area contributed by atoms with Crippen molar-refractivity contribution >= 4 is 45.3 Å². The SMILES string of the molecule is CN(C)C(=O)N1CCC1[Si](Cl)(Cl)Cl. The Morgan fingerprint density at radius 1 is 1.46 bits per heavy atom. The molecule has 2 amide bonds. The summed E-state index contributed by atoms with van der Waals surface area (Å²) in [6.45, 7) is 0.697. The number of halogens is 3. The molecule has 3 nitrogen and oxygen atoms in total. The smallest absolute Gasteiger partial charge is 0.331 e. The van der Waals surface area contributed by atoms with Crippen LogP contribution in [0.2, 0.25) is 0 Å². The normalized spacial score (nSPS) is 22.5. The molecule has 1 aliphatic rings. The first-order valence-electron chi connectivity index (χ1n) is 3.88. The summed E-state index contributed by atoms with van der Waals surface area (Å²) in [5.41, 5.74) is -0.146. The monoisotopic (exact) mass is 260 g/mol. The Morgan fingerprint density at radius 2 is 2.00 bits per heavy atom. The summed E-state index contributed by atoms with van der Waals surface area (Å²) in [7, 11) is 3.38. The van der Waals surface area contributed by atoms with E-state index in [-0.39, 0.29) is 11.7 Å². The Balaban J connectivity index is 2.60. The van der Waals surface area contributed by atoms with Crippen molar-refractivity contribution in [3.05, 3.63) is 0 Å². The zero-order valence-corrected chi connectivity index (χ0v) is 10.7. The molecule has 0 spiro atoms. The highest BCUT2D eigenvalue weighted by molar-refractivity contribution is 7.65. The van der Waals surface area contributed by atoms with Gasteiger partial charge in [0.1, 0.15) is 0 Å². The topological polar surface area (TPSA) is 23.6 Å². The minimum atomic E-state index is -2.75. The molecular weight excluding hydrogens is 251 g/mol. The molecule has 1 heterocycles. The van der Waals surface area contributed by atoms with Crippen molar-refractivity contribution in [2.24, 2.45) is 0 Å². The Morgan fingerprint density at radius 3 is 2.23 bits per heavy atom. The minimum absolute atomic E-state index is 0.0740. The number of hydrogen-bond acceptors (Lipinski definition) is 1. The van der Waals surface area contributed by atoms with Crippen LogP contribution in [0.1, 0.15) is 6.42 Å². The summed E-state index contributed by atoms with van der Waals surface area (Å²) >= 11 is 17.5. The van der Waals surface area contributed by atoms with Gasteiger partial charge in [-0.15, -0.1) is 33.2 Å². The van der Waals surface area contributed by atoms with E-state index in [0.29, 0.717) is 6.54 Å². The van der Waals surface area contributed by atoms with Gasteiger partial charge < -0.3 is 9.80 Å². The predicted octanol–water partition coefficient (Wildman–Crippen LogP) is 1.94. The molecule has 1 saturated heterocycles. The summed E-state index contributed by atoms with van der Waals surface area (Å²) in [5.74, 6) is 0. The number of hydrogen-bond donors (Lipinski definition) is 0. The van der Waals surface area contributed by atoms with Crippen molar-refractivity contribution in [1.82, 2.24) is 9.80 Å². The largest absolute Gasteiger partial charge is 0.362 e. The molecule has 1 aliphatic heterocycles. The van der Waals surface area contributed by atoms with Gasteiger partial charge in [-0.05, 0) is 6.42 Å². The van der Waals surface area contributed by atoms with Gasteiger partial charge >= 0.3 is 12.0 Å². The highest BCUT2D eigenvalue weighted by atomic mass is 35.8. The molecule has 1 atom stereocenters. The van der Waals surface area contributed by atoms with Gasteiger partial charge in [0.05, 0.1) is 5.67 Å². The molecule has 0 bridgehead atoms. The lowest BCUT2D eigenvalue weighted by Gasteiger charge is -2.44. The molecule has 76 valence electrons. The number of carbonyl (C=O) groups excluding carboxylic acids is 1. The molecular formula is C6H11Cl3N2OSi. The second kappa shape index (κ2) is 3.85. The first-order chi connectivity index (χ1) is 5.84. The van der Waals surface area contributed by atoms with Crippen LogP contribution >= 0.6 is 33.2 Å². The molecule has 0 N–H and O–H groups in total. The van der Waals surface area contributed by atoms with Crippen molar-refractivity contribution in [2.45, 2.75) is 12.1 Å². The third-order valence-electron chi connectivity index (χ3n) is 2.03. The molecule has 1 fully saturated rings. The first kappa shape index (κ1) is 11.4. The second-order valence-corrected chi connectivity index (χ2v) is 12.1. The molecule has 0 aromatic carbocycles. The fourth-order valence-electron chi connectivity index (χ4n) is 1.21. The van der Waals surface area contributed by atoms with Crippen molar-refractivity contribution in [3.8, 4) is 0 Å². The van der Waals surface area contributed by atoms with E-state index in [4.69, 9.17) is 33.2 Å². The van der Waals surface area contributed by atoms with Gasteiger partial charge in [0, 0.05) is 20.6 Å². The van der Waals surface area contributed by atoms with Crippen LogP contribution in [-0.2, 0) is 0 Å². The number of carbonyl (C=O) groups is 1. The maximum Gasteiger partial charge on any atom is 0.362 e. The number of rotatable bonds is 1. The van der Waals surface area contributed by atoms with E-state index in [2.05, 4.69) is 0 Å². The first-order valence-corrected chi connectivity index (χ1v) is 9.00. The van der Waals surface area contributed by atoms with E-state index in [1.807, 2.05) is 0 Å². The van der Waals surface area contributed by atoms with Gasteiger partial charge in [-0.3, -0.25) is 0 Å². The highest BCUT2D eigenvalue weighted by Crippen LogP contribution is 2.35. The maximum atomic E-state index is 11.5. The zero-order chi connectivity index (χ0) is 10.2. The van der Waals surface area contributed by atoms with Gasteiger partial charge in [-0.25, -0.2) is 4.79 Å². The summed E-state index contributed by atoms with van der Waals surface area (Å²) in [6, 6.07) is -2.82. The van der Waals surface area contributed by atoms with Crippen LogP contribution < -0.4 is 0 Å². The van der Waals surface area contributed by atoms with E-state index in [1.54, 1.807) is 19.0 Å². The van der Waals surface area contributed by atoms with Gasteiger partial charge in [0.2, 0.25) is 0 Å². The minimum Gasteiger partial charge on any atom is -0.331 e. The van der Waals surface area contributed by atoms with E-state index >= 15 is 0 Å². The molecule has 0 aromatic rings. The Labute approximate surface area is 92.6 Å². The third-order valence-corrected chi connectivity index (χ3v) is 5.65. The van der Waals surface area contributed by atoms with Crippen molar-refractivity contribution in [1.29, 1.82) is 0 Å². The van der Waals surface area contributed by atoms with Crippen molar-refractivity contribution < 1.29 is 4.79 Å². The number of likely N-dealkylation sites (tertiary alicyclic amines) is 1. The van der Waals surface area contributed by atoms with E-state index in [0.717, 1.165) is 6.42 Å². The fraction of sp³-hybridized carbons (Fsp3) is 0.833. The standard InChI is InChI=1S/C6H11Cl3N2OSi/c1-10(2)6(12)11-4-3-5(11)13(7,8)9/h5H,3-4H2,1-2H3. The van der Waals surface area contributed by atoms with Crippen LogP contribution in [-0.4, -0.2) is 48.1 Å². The molecule has 0 radical (unpaired) electrons. The van der Waals surface area contributed by atoms with E-state index in [9.17, 15) is 4.79 Å². The number of urea groups is 1. The number of amides is 2. The van der Waals surface area contributed by atoms with Gasteiger partial charge in [0.15, 0.2) is 0 Å². The summed E-state index contributed by atoms with van der Waals surface area (Å²) < 4.78 is 0. The molecule has 0 saturated carbocycles. The van der Waals surface area contributed by atoms with Crippen LogP contribution in [0.25, 0.3) is 0 Å². The molecule has 7 heteroatoms. The van der Waals surface area contributed by atoms with Crippen LogP contribution in [0.15, 0.2) is 0 Å². The van der Waals surface area contributed by atoms with Crippen molar-refractivity contribution in [3.63, 3.8) is 0 Å². The summed E-state index contributed by atoms with van der Waals surface area (Å²) in [5, 5.41) is 0. The predicted molar refractivity (Wildman–Crippen MR) is 57.5 cm³/mol. The summed E-state index contributed by atoms with van der Waals surface area (Å²) in [4.78, 5) is 14.6. The quantitative estimate of drug-likeness (QED) is 0.523. The molecule has 0 aliphatic carbocycles. The van der Waals surface area contributed by atoms with Gasteiger partial charge in [-0.1, -0.05) is 0 Å². The number of nitrogens with zero attached hydrogens (tertiary/aromatic N) is 2.